The van der Waals surface area contributed by atoms with Gasteiger partial charge in [0.15, 0.2) is 0 Å². The topological polar surface area (TPSA) is 206 Å². The molecular weight excluding hydrogens is 447 g/mol. The number of nitrogens with zero attached hydrogens (tertiary/aromatic N) is 1. The van der Waals surface area contributed by atoms with Crippen LogP contribution in [0.15, 0.2) is 5.29 Å². The summed E-state index contributed by atoms with van der Waals surface area (Å²) in [6, 6.07) is -0.889. The van der Waals surface area contributed by atoms with Gasteiger partial charge in [0.25, 0.3) is 0 Å². The Labute approximate surface area is 200 Å². The van der Waals surface area contributed by atoms with E-state index in [1.165, 1.54) is 7.11 Å². The Morgan fingerprint density at radius 2 is 1.71 bits per heavy atom. The average Bonchev–Trinajstić information content (AvgIpc) is 2.77. The number of unbranched alkanes of at least 4 members (excludes halogenated alkanes) is 3. The van der Waals surface area contributed by atoms with Crippen molar-refractivity contribution in [1.29, 1.82) is 0 Å². The van der Waals surface area contributed by atoms with E-state index in [0.717, 1.165) is 12.8 Å². The summed E-state index contributed by atoms with van der Waals surface area (Å²) in [7, 11) is -0.389. The maximum Gasteiger partial charge on any atom is 0.475 e. The number of nitroso groups, excluding NO2 is 1. The van der Waals surface area contributed by atoms with Crippen molar-refractivity contribution in [3.05, 3.63) is 4.91 Å². The van der Waals surface area contributed by atoms with Gasteiger partial charge in [-0.15, -0.1) is 10.3 Å². The van der Waals surface area contributed by atoms with Crippen LogP contribution >= 0.6 is 0 Å². The van der Waals surface area contributed by atoms with Gasteiger partial charge in [0.05, 0.1) is 19.6 Å². The minimum atomic E-state index is -1.73. The zero-order valence-corrected chi connectivity index (χ0v) is 20.3. The molecule has 0 unspecified atom stereocenters. The van der Waals surface area contributed by atoms with Crippen LogP contribution in [0.4, 0.5) is 0 Å². The normalized spacial score (nSPS) is 13.1. The van der Waals surface area contributed by atoms with E-state index < -0.39 is 25.0 Å². The zero-order chi connectivity index (χ0) is 25.9. The van der Waals surface area contributed by atoms with Gasteiger partial charge >= 0.3 is 19.0 Å². The summed E-state index contributed by atoms with van der Waals surface area (Å²) in [4.78, 5) is 49.2. The largest absolute Gasteiger partial charge is 0.475 e. The highest BCUT2D eigenvalue weighted by Crippen LogP contribution is 2.09. The standard InChI is InChI=1S/C20H39BN6O7/c1-14(2)13-16(21(31)32)25-19(30)15(9-8-12-23-20(22)26-27-33)24-17(28)10-6-4-5-7-11-18(29)34-3/h14-16,31-32H,4-13H2,1-3H3,(H,24,28)(H,25,30)(H3,22,23,26,33)/p+1/t15-,16-/m0/s1. The lowest BCUT2D eigenvalue weighted by Gasteiger charge is -2.24. The monoisotopic (exact) mass is 487 g/mol. The summed E-state index contributed by atoms with van der Waals surface area (Å²) < 4.78 is 4.58. The summed E-state index contributed by atoms with van der Waals surface area (Å²) in [6.07, 6.45) is 4.40. The molecule has 14 heteroatoms. The second kappa shape index (κ2) is 18.7. The molecule has 0 saturated carbocycles. The molecule has 0 aliphatic carbocycles. The first-order valence-electron chi connectivity index (χ1n) is 11.6. The Kier molecular flexibility index (Phi) is 17.2. The average molecular weight is 487 g/mol. The number of hydrogen-bond donors (Lipinski definition) is 7. The molecule has 0 heterocycles. The highest BCUT2D eigenvalue weighted by molar-refractivity contribution is 6.43. The second-order valence-corrected chi connectivity index (χ2v) is 8.45. The molecule has 0 aliphatic heterocycles. The Balaban J connectivity index is 4.83. The van der Waals surface area contributed by atoms with Crippen LogP contribution in [0, 0.1) is 10.8 Å². The number of carbonyl (C=O) groups is 3. The van der Waals surface area contributed by atoms with Crippen LogP contribution in [0.5, 0.6) is 0 Å². The number of hydrogen-bond acceptors (Lipinski definition) is 8. The van der Waals surface area contributed by atoms with Crippen LogP contribution in [0.2, 0.25) is 0 Å². The van der Waals surface area contributed by atoms with Crippen molar-refractivity contribution >= 4 is 30.9 Å². The predicted octanol–water partition coefficient (Wildman–Crippen LogP) is -2.03. The molecular formula is C20H40BN6O7+. The van der Waals surface area contributed by atoms with Gasteiger partial charge in [0, 0.05) is 12.8 Å². The summed E-state index contributed by atoms with van der Waals surface area (Å²) in [5.41, 5.74) is 7.49. The lowest BCUT2D eigenvalue weighted by Crippen LogP contribution is -2.78. The number of guanidine groups is 1. The Bertz CT molecular complexity index is 663. The van der Waals surface area contributed by atoms with Crippen LogP contribution in [-0.2, 0) is 19.1 Å². The van der Waals surface area contributed by atoms with E-state index in [0.29, 0.717) is 38.6 Å². The minimum absolute atomic E-state index is 0.0346. The fourth-order valence-corrected chi connectivity index (χ4v) is 3.21. The molecule has 0 radical (unpaired) electrons. The molecule has 8 N–H and O–H groups in total. The van der Waals surface area contributed by atoms with Gasteiger partial charge in [-0.1, -0.05) is 26.7 Å². The van der Waals surface area contributed by atoms with E-state index in [4.69, 9.17) is 5.73 Å². The number of amides is 2. The Hall–Kier alpha value is -2.74. The van der Waals surface area contributed by atoms with Crippen LogP contribution in [0.3, 0.4) is 0 Å². The molecule has 0 aliphatic rings. The van der Waals surface area contributed by atoms with E-state index in [1.54, 1.807) is 0 Å². The lowest BCUT2D eigenvalue weighted by molar-refractivity contribution is -0.461. The van der Waals surface area contributed by atoms with Crippen LogP contribution in [-0.4, -0.2) is 66.5 Å². The third-order valence-electron chi connectivity index (χ3n) is 4.98. The van der Waals surface area contributed by atoms with Crippen molar-refractivity contribution in [2.75, 3.05) is 13.7 Å². The molecule has 0 rings (SSSR count). The van der Waals surface area contributed by atoms with E-state index in [1.807, 2.05) is 19.3 Å². The highest BCUT2D eigenvalue weighted by Gasteiger charge is 2.29. The van der Waals surface area contributed by atoms with E-state index >= 15 is 0 Å². The summed E-state index contributed by atoms with van der Waals surface area (Å²) in [6.45, 7) is 4.09. The quantitative estimate of drug-likeness (QED) is 0.0216. The van der Waals surface area contributed by atoms with Gasteiger partial charge in [0.1, 0.15) is 11.3 Å². The molecule has 13 nitrogen and oxygen atoms in total. The first kappa shape index (κ1) is 31.3. The zero-order valence-electron chi connectivity index (χ0n) is 20.3. The van der Waals surface area contributed by atoms with E-state index in [-0.39, 0.29) is 36.6 Å². The minimum Gasteiger partial charge on any atom is -0.469 e. The number of nitrogens with two attached hydrogens (primary N) is 1. The van der Waals surface area contributed by atoms with Crippen LogP contribution in [0.1, 0.15) is 71.6 Å². The molecule has 0 aromatic rings. The Morgan fingerprint density at radius 3 is 2.26 bits per heavy atom. The SMILES string of the molecule is COC(=O)CCCCCCC(=O)N[C@@H](CCC[NH+]=C(N)NN=O)C(=O)N[C@@H](CC(C)C)B(O)O. The summed E-state index contributed by atoms with van der Waals surface area (Å²) >= 11 is 0. The second-order valence-electron chi connectivity index (χ2n) is 8.45. The van der Waals surface area contributed by atoms with Gasteiger partial charge < -0.3 is 25.4 Å². The first-order chi connectivity index (χ1) is 16.1. The van der Waals surface area contributed by atoms with Gasteiger partial charge in [-0.3, -0.25) is 25.1 Å². The number of rotatable bonds is 18. The van der Waals surface area contributed by atoms with E-state index in [9.17, 15) is 29.3 Å². The predicted molar refractivity (Wildman–Crippen MR) is 126 cm³/mol. The number of carbonyl (C=O) groups excluding carboxylic acids is 3. The van der Waals surface area contributed by atoms with Crippen molar-refractivity contribution in [2.24, 2.45) is 16.9 Å². The summed E-state index contributed by atoms with van der Waals surface area (Å²) in [5.74, 6) is -1.87. The molecule has 0 fully saturated rings. The number of esters is 1. The van der Waals surface area contributed by atoms with Gasteiger partial charge in [-0.25, -0.2) is 0 Å². The third-order valence-corrected chi connectivity index (χ3v) is 4.98. The van der Waals surface area contributed by atoms with E-state index in [2.05, 4.69) is 25.6 Å². The molecule has 0 saturated heterocycles. The number of ether oxygens (including phenoxy) is 1. The van der Waals surface area contributed by atoms with Crippen molar-refractivity contribution < 1.29 is 34.2 Å². The molecule has 2 atom stereocenters. The van der Waals surface area contributed by atoms with Gasteiger partial charge in [-0.05, 0) is 38.0 Å². The highest BCUT2D eigenvalue weighted by atomic mass is 16.5. The lowest BCUT2D eigenvalue weighted by atomic mass is 9.75. The molecule has 0 bridgehead atoms. The molecule has 0 aromatic carbocycles. The molecule has 2 amide bonds. The smallest absolute Gasteiger partial charge is 0.469 e. The maximum atomic E-state index is 12.8. The molecule has 34 heavy (non-hydrogen) atoms. The molecule has 0 spiro atoms. The molecule has 194 valence electrons. The van der Waals surface area contributed by atoms with Crippen LogP contribution in [0.25, 0.3) is 0 Å². The third kappa shape index (κ3) is 16.0. The number of methoxy groups -OCH3 is 1. The Morgan fingerprint density at radius 1 is 1.06 bits per heavy atom. The first-order valence-corrected chi connectivity index (χ1v) is 11.6. The van der Waals surface area contributed by atoms with Crippen molar-refractivity contribution in [1.82, 2.24) is 16.1 Å². The van der Waals surface area contributed by atoms with Crippen molar-refractivity contribution in [3.63, 3.8) is 0 Å². The number of nitrogens with one attached hydrogen (secondary N) is 4. The molecule has 0 aromatic heterocycles. The van der Waals surface area contributed by atoms with Crippen molar-refractivity contribution in [3.8, 4) is 0 Å². The fraction of sp³-hybridized carbons (Fsp3) is 0.800. The van der Waals surface area contributed by atoms with Gasteiger partial charge in [-0.2, -0.15) is 0 Å². The van der Waals surface area contributed by atoms with Crippen molar-refractivity contribution in [2.45, 2.75) is 83.6 Å². The maximum absolute atomic E-state index is 12.8. The van der Waals surface area contributed by atoms with Gasteiger partial charge in [0.2, 0.25) is 11.8 Å². The fourth-order valence-electron chi connectivity index (χ4n) is 3.21. The van der Waals surface area contributed by atoms with Crippen LogP contribution < -0.4 is 26.8 Å². The summed E-state index contributed by atoms with van der Waals surface area (Å²) in [5, 5.41) is 26.9.